The van der Waals surface area contributed by atoms with Crippen LogP contribution in [0.3, 0.4) is 0 Å². The zero-order chi connectivity index (χ0) is 21.8. The summed E-state index contributed by atoms with van der Waals surface area (Å²) in [5.74, 6) is -0.614. The predicted molar refractivity (Wildman–Crippen MR) is 117 cm³/mol. The summed E-state index contributed by atoms with van der Waals surface area (Å²) in [6.07, 6.45) is 9.40. The maximum Gasteiger partial charge on any atom is 0.347 e. The molecular weight excluding hydrogens is 396 g/mol. The van der Waals surface area contributed by atoms with Gasteiger partial charge in [0.15, 0.2) is 11.3 Å². The molecule has 8 nitrogen and oxygen atoms in total. The Balaban J connectivity index is 1.64. The van der Waals surface area contributed by atoms with Gasteiger partial charge in [-0.15, -0.1) is 0 Å². The van der Waals surface area contributed by atoms with Crippen LogP contribution in [-0.2, 0) is 19.1 Å². The Morgan fingerprint density at radius 2 is 2.06 bits per heavy atom. The van der Waals surface area contributed by atoms with E-state index >= 15 is 0 Å². The van der Waals surface area contributed by atoms with Crippen molar-refractivity contribution >= 4 is 28.9 Å². The minimum Gasteiger partial charge on any atom is -0.460 e. The van der Waals surface area contributed by atoms with E-state index in [2.05, 4.69) is 9.97 Å². The van der Waals surface area contributed by atoms with E-state index in [1.165, 1.54) is 0 Å². The second-order valence-corrected chi connectivity index (χ2v) is 8.10. The summed E-state index contributed by atoms with van der Waals surface area (Å²) in [7, 11) is 3.80. The van der Waals surface area contributed by atoms with E-state index in [9.17, 15) is 9.59 Å². The lowest BCUT2D eigenvalue weighted by atomic mass is 10.1. The third kappa shape index (κ3) is 4.64. The van der Waals surface area contributed by atoms with Crippen molar-refractivity contribution in [3.63, 3.8) is 0 Å². The van der Waals surface area contributed by atoms with Gasteiger partial charge in [-0.1, -0.05) is 12.8 Å². The molecule has 0 unspecified atom stereocenters. The molecule has 4 rings (SSSR count). The zero-order valence-electron chi connectivity index (χ0n) is 18.0. The number of aromatic nitrogens is 2. The molecule has 2 aliphatic rings. The fourth-order valence-corrected chi connectivity index (χ4v) is 3.82. The van der Waals surface area contributed by atoms with Crippen molar-refractivity contribution in [2.24, 2.45) is 0 Å². The van der Waals surface area contributed by atoms with Crippen LogP contribution >= 0.6 is 0 Å². The molecule has 31 heavy (non-hydrogen) atoms. The monoisotopic (exact) mass is 424 g/mol. The molecule has 0 bridgehead atoms. The number of hydrogen-bond acceptors (Lipinski definition) is 7. The molecule has 0 saturated carbocycles. The van der Waals surface area contributed by atoms with E-state index < -0.39 is 11.8 Å². The average molecular weight is 425 g/mol. The molecule has 2 aliphatic heterocycles. The lowest BCUT2D eigenvalue weighted by Gasteiger charge is -2.23. The van der Waals surface area contributed by atoms with Crippen molar-refractivity contribution in [3.8, 4) is 0 Å². The smallest absolute Gasteiger partial charge is 0.347 e. The number of ketones is 1. The van der Waals surface area contributed by atoms with E-state index in [4.69, 9.17) is 9.47 Å². The minimum atomic E-state index is -0.630. The highest BCUT2D eigenvalue weighted by molar-refractivity contribution is 6.26. The van der Waals surface area contributed by atoms with E-state index in [0.29, 0.717) is 12.4 Å². The Morgan fingerprint density at radius 1 is 1.29 bits per heavy atom. The largest absolute Gasteiger partial charge is 0.460 e. The quantitative estimate of drug-likeness (QED) is 0.433. The van der Waals surface area contributed by atoms with Crippen molar-refractivity contribution in [2.45, 2.75) is 25.7 Å². The molecular formula is C23H28N4O4. The Hall–Kier alpha value is -3.13. The Kier molecular flexibility index (Phi) is 6.36. The minimum absolute atomic E-state index is 0.00938. The zero-order valence-corrected chi connectivity index (χ0v) is 18.0. The van der Waals surface area contributed by atoms with E-state index in [0.717, 1.165) is 55.4 Å². The molecule has 0 aromatic carbocycles. The lowest BCUT2D eigenvalue weighted by molar-refractivity contribution is -0.140. The van der Waals surface area contributed by atoms with Gasteiger partial charge in [0.25, 0.3) is 0 Å². The standard InChI is InChI=1S/C23H28N4O4/c1-26(2)12-13-30-23(29)19-20(28)18(31-22(19)27-10-5-3-4-6-11-27)14-16-15-25-21-17(16)8-7-9-24-21/h7-9,14-15H,3-6,10-13H2,1-2H3,(H,24,25)/b18-14-. The molecule has 0 atom stereocenters. The maximum atomic E-state index is 13.2. The summed E-state index contributed by atoms with van der Waals surface area (Å²) in [5, 5.41) is 0.879. The van der Waals surface area contributed by atoms with Gasteiger partial charge < -0.3 is 24.3 Å². The summed E-state index contributed by atoms with van der Waals surface area (Å²) in [5.41, 5.74) is 1.50. The number of rotatable bonds is 6. The highest BCUT2D eigenvalue weighted by Crippen LogP contribution is 2.32. The number of nitrogens with zero attached hydrogens (tertiary/aromatic N) is 3. The van der Waals surface area contributed by atoms with Gasteiger partial charge >= 0.3 is 5.97 Å². The highest BCUT2D eigenvalue weighted by Gasteiger charge is 2.39. The molecule has 0 radical (unpaired) electrons. The first-order valence-electron chi connectivity index (χ1n) is 10.7. The van der Waals surface area contributed by atoms with Gasteiger partial charge in [0.1, 0.15) is 12.3 Å². The number of hydrogen-bond donors (Lipinski definition) is 1. The molecule has 0 aliphatic carbocycles. The summed E-state index contributed by atoms with van der Waals surface area (Å²) >= 11 is 0. The van der Waals surface area contributed by atoms with Gasteiger partial charge in [0, 0.05) is 43.0 Å². The molecule has 4 heterocycles. The number of carbonyl (C=O) groups is 2. The van der Waals surface area contributed by atoms with Gasteiger partial charge in [-0.3, -0.25) is 4.79 Å². The number of pyridine rings is 1. The van der Waals surface area contributed by atoms with Crippen molar-refractivity contribution in [3.05, 3.63) is 47.3 Å². The van der Waals surface area contributed by atoms with Crippen molar-refractivity contribution in [1.29, 1.82) is 0 Å². The van der Waals surface area contributed by atoms with Crippen LogP contribution < -0.4 is 0 Å². The van der Waals surface area contributed by atoms with Gasteiger partial charge in [0.05, 0.1) is 0 Å². The summed E-state index contributed by atoms with van der Waals surface area (Å²) in [4.78, 5) is 37.4. The first kappa shape index (κ1) is 21.1. The van der Waals surface area contributed by atoms with Crippen molar-refractivity contribution in [1.82, 2.24) is 19.8 Å². The fraction of sp³-hybridized carbons (Fsp3) is 0.435. The normalized spacial score (nSPS) is 18.7. The van der Waals surface area contributed by atoms with E-state index in [-0.39, 0.29) is 17.9 Å². The third-order valence-corrected chi connectivity index (χ3v) is 5.51. The van der Waals surface area contributed by atoms with Crippen LogP contribution in [0, 0.1) is 0 Å². The van der Waals surface area contributed by atoms with Gasteiger partial charge in [-0.2, -0.15) is 0 Å². The summed E-state index contributed by atoms with van der Waals surface area (Å²) in [6, 6.07) is 3.76. The number of H-pyrrole nitrogens is 1. The van der Waals surface area contributed by atoms with Crippen molar-refractivity contribution < 1.29 is 19.1 Å². The molecule has 0 spiro atoms. The Morgan fingerprint density at radius 3 is 2.81 bits per heavy atom. The molecule has 2 aromatic rings. The first-order chi connectivity index (χ1) is 15.0. The van der Waals surface area contributed by atoms with Gasteiger partial charge in [-0.25, -0.2) is 9.78 Å². The van der Waals surface area contributed by atoms with Crippen LogP contribution in [-0.4, -0.2) is 71.9 Å². The molecule has 1 saturated heterocycles. The van der Waals surface area contributed by atoms with Crippen molar-refractivity contribution in [2.75, 3.05) is 40.3 Å². The van der Waals surface area contributed by atoms with Crippen LogP contribution in [0.15, 0.2) is 41.7 Å². The number of fused-ring (bicyclic) bond motifs is 1. The summed E-state index contributed by atoms with van der Waals surface area (Å²) < 4.78 is 11.4. The Bertz CT molecular complexity index is 1030. The first-order valence-corrected chi connectivity index (χ1v) is 10.7. The number of Topliss-reactive ketones (excluding diaryl/α,β-unsaturated/α-hetero) is 1. The van der Waals surface area contributed by atoms with Gasteiger partial charge in [0.2, 0.25) is 11.7 Å². The summed E-state index contributed by atoms with van der Waals surface area (Å²) in [6.45, 7) is 2.30. The second-order valence-electron chi connectivity index (χ2n) is 8.10. The number of nitrogens with one attached hydrogen (secondary N) is 1. The molecule has 0 amide bonds. The number of allylic oxidation sites excluding steroid dienone is 1. The molecule has 1 fully saturated rings. The maximum absolute atomic E-state index is 13.2. The topological polar surface area (TPSA) is 87.8 Å². The SMILES string of the molecule is CN(C)CCOC(=O)C1=C(N2CCCCCC2)O/C(=C\c2c[nH]c3ncccc23)C1=O. The number of ether oxygens (including phenoxy) is 2. The van der Waals surface area contributed by atoms with E-state index in [1.807, 2.05) is 36.0 Å². The predicted octanol–water partition coefficient (Wildman–Crippen LogP) is 2.70. The number of aromatic amines is 1. The number of carbonyl (C=O) groups excluding carboxylic acids is 2. The number of esters is 1. The van der Waals surface area contributed by atoms with Crippen LogP contribution in [0.4, 0.5) is 0 Å². The van der Waals surface area contributed by atoms with Crippen LogP contribution in [0.1, 0.15) is 31.2 Å². The lowest BCUT2D eigenvalue weighted by Crippen LogP contribution is -2.28. The Labute approximate surface area is 181 Å². The van der Waals surface area contributed by atoms with Crippen LogP contribution in [0.25, 0.3) is 17.1 Å². The fourth-order valence-electron chi connectivity index (χ4n) is 3.82. The molecule has 2 aromatic heterocycles. The molecule has 1 N–H and O–H groups in total. The molecule has 8 heteroatoms. The van der Waals surface area contributed by atoms with Crippen LogP contribution in [0.2, 0.25) is 0 Å². The number of likely N-dealkylation sites (N-methyl/N-ethyl adjacent to an activating group) is 1. The number of likely N-dealkylation sites (tertiary alicyclic amines) is 1. The van der Waals surface area contributed by atoms with Gasteiger partial charge in [-0.05, 0) is 45.1 Å². The average Bonchev–Trinajstić information content (AvgIpc) is 3.17. The highest BCUT2D eigenvalue weighted by atomic mass is 16.5. The van der Waals surface area contributed by atoms with E-state index in [1.54, 1.807) is 18.5 Å². The second kappa shape index (κ2) is 9.34. The molecule has 164 valence electrons. The third-order valence-electron chi connectivity index (χ3n) is 5.51. The van der Waals surface area contributed by atoms with Crippen LogP contribution in [0.5, 0.6) is 0 Å².